The van der Waals surface area contributed by atoms with Crippen molar-refractivity contribution >= 4 is 47.4 Å². The first kappa shape index (κ1) is 22.0. The molecule has 7 heteroatoms. The van der Waals surface area contributed by atoms with Crippen LogP contribution < -0.4 is 10.6 Å². The number of halogens is 2. The molecular weight excluding hydrogens is 427 g/mol. The second kappa shape index (κ2) is 11.5. The first-order chi connectivity index (χ1) is 10.4. The minimum Gasteiger partial charge on any atom is -0.354 e. The van der Waals surface area contributed by atoms with Crippen molar-refractivity contribution in [3.63, 3.8) is 0 Å². The molecule has 1 aromatic carbocycles. The third-order valence-electron chi connectivity index (χ3n) is 3.27. The summed E-state index contributed by atoms with van der Waals surface area (Å²) in [5, 5.41) is 7.03. The molecule has 1 unspecified atom stereocenters. The summed E-state index contributed by atoms with van der Waals surface area (Å²) in [4.78, 5) is 17.7. The fourth-order valence-corrected chi connectivity index (χ4v) is 1.79. The van der Waals surface area contributed by atoms with Crippen molar-refractivity contribution in [3.05, 3.63) is 34.9 Å². The van der Waals surface area contributed by atoms with E-state index in [0.29, 0.717) is 17.5 Å². The molecule has 0 aliphatic rings. The van der Waals surface area contributed by atoms with Crippen molar-refractivity contribution in [2.24, 2.45) is 4.99 Å². The van der Waals surface area contributed by atoms with Gasteiger partial charge >= 0.3 is 0 Å². The molecule has 5 nitrogen and oxygen atoms in total. The predicted molar refractivity (Wildman–Crippen MR) is 108 cm³/mol. The standard InChI is InChI=1S/C16H25ClN4O.HI/c1-5-12(2)20-16(19-11-15(22)21(3)4)18-10-13-8-6-7-9-14(13)17;/h6-9,12H,5,10-11H2,1-4H3,(H2,18,19,20);1H. The molecule has 0 heterocycles. The van der Waals surface area contributed by atoms with Crippen LogP contribution in [0.15, 0.2) is 29.3 Å². The molecule has 0 aromatic heterocycles. The number of benzene rings is 1. The Morgan fingerprint density at radius 2 is 2.00 bits per heavy atom. The monoisotopic (exact) mass is 452 g/mol. The van der Waals surface area contributed by atoms with Crippen LogP contribution in [-0.2, 0) is 11.3 Å². The highest BCUT2D eigenvalue weighted by Crippen LogP contribution is 2.15. The molecule has 0 aliphatic heterocycles. The molecule has 23 heavy (non-hydrogen) atoms. The van der Waals surface area contributed by atoms with Crippen molar-refractivity contribution in [3.8, 4) is 0 Å². The lowest BCUT2D eigenvalue weighted by Gasteiger charge is -2.18. The van der Waals surface area contributed by atoms with Crippen LogP contribution >= 0.6 is 35.6 Å². The maximum absolute atomic E-state index is 11.7. The van der Waals surface area contributed by atoms with Crippen LogP contribution in [-0.4, -0.2) is 43.4 Å². The molecule has 1 rings (SSSR count). The highest BCUT2D eigenvalue weighted by atomic mass is 127. The number of hydrogen-bond donors (Lipinski definition) is 2. The zero-order valence-electron chi connectivity index (χ0n) is 14.1. The molecule has 0 saturated carbocycles. The number of carbonyl (C=O) groups excluding carboxylic acids is 1. The van der Waals surface area contributed by atoms with E-state index in [1.807, 2.05) is 24.3 Å². The lowest BCUT2D eigenvalue weighted by atomic mass is 10.2. The average Bonchev–Trinajstić information content (AvgIpc) is 2.50. The Morgan fingerprint density at radius 1 is 1.35 bits per heavy atom. The van der Waals surface area contributed by atoms with E-state index in [9.17, 15) is 4.79 Å². The van der Waals surface area contributed by atoms with Gasteiger partial charge in [0.15, 0.2) is 5.96 Å². The Labute approximate surface area is 160 Å². The molecule has 0 bridgehead atoms. The quantitative estimate of drug-likeness (QED) is 0.396. The molecule has 1 amide bonds. The summed E-state index contributed by atoms with van der Waals surface area (Å²) in [7, 11) is 3.46. The van der Waals surface area contributed by atoms with Gasteiger partial charge in [-0.2, -0.15) is 0 Å². The highest BCUT2D eigenvalue weighted by Gasteiger charge is 2.08. The molecule has 0 saturated heterocycles. The Balaban J connectivity index is 0.00000484. The normalized spacial score (nSPS) is 12.1. The smallest absolute Gasteiger partial charge is 0.241 e. The van der Waals surface area contributed by atoms with Crippen molar-refractivity contribution in [1.82, 2.24) is 15.5 Å². The van der Waals surface area contributed by atoms with Crippen LogP contribution in [0.25, 0.3) is 0 Å². The van der Waals surface area contributed by atoms with Gasteiger partial charge in [0, 0.05) is 25.2 Å². The number of carbonyl (C=O) groups is 1. The zero-order valence-corrected chi connectivity index (χ0v) is 17.2. The summed E-state index contributed by atoms with van der Waals surface area (Å²) < 4.78 is 0. The van der Waals surface area contributed by atoms with Crippen LogP contribution in [0.1, 0.15) is 25.8 Å². The number of hydrogen-bond acceptors (Lipinski definition) is 2. The van der Waals surface area contributed by atoms with E-state index in [-0.39, 0.29) is 42.5 Å². The topological polar surface area (TPSA) is 56.7 Å². The number of likely N-dealkylation sites (N-methyl/N-ethyl adjacent to an activating group) is 1. The number of nitrogens with zero attached hydrogens (tertiary/aromatic N) is 2. The second-order valence-corrected chi connectivity index (χ2v) is 5.76. The number of rotatable bonds is 6. The number of amides is 1. The minimum atomic E-state index is -0.00334. The van der Waals surface area contributed by atoms with E-state index >= 15 is 0 Å². The van der Waals surface area contributed by atoms with E-state index in [0.717, 1.165) is 12.0 Å². The van der Waals surface area contributed by atoms with Gasteiger partial charge in [0.2, 0.25) is 5.91 Å². The van der Waals surface area contributed by atoms with Crippen molar-refractivity contribution in [2.45, 2.75) is 32.9 Å². The fourth-order valence-electron chi connectivity index (χ4n) is 1.60. The summed E-state index contributed by atoms with van der Waals surface area (Å²) in [5.74, 6) is 0.612. The predicted octanol–water partition coefficient (Wildman–Crippen LogP) is 2.88. The van der Waals surface area contributed by atoms with Gasteiger partial charge in [-0.3, -0.25) is 4.79 Å². The number of nitrogens with one attached hydrogen (secondary N) is 2. The molecule has 0 aliphatic carbocycles. The van der Waals surface area contributed by atoms with Crippen LogP contribution in [0, 0.1) is 0 Å². The van der Waals surface area contributed by atoms with Crippen LogP contribution in [0.3, 0.4) is 0 Å². The summed E-state index contributed by atoms with van der Waals surface area (Å²) in [6.45, 7) is 4.83. The average molecular weight is 453 g/mol. The Hall–Kier alpha value is -1.02. The molecule has 1 aromatic rings. The molecular formula is C16H26ClIN4O. The van der Waals surface area contributed by atoms with E-state index in [4.69, 9.17) is 11.6 Å². The van der Waals surface area contributed by atoms with E-state index < -0.39 is 0 Å². The molecule has 0 fully saturated rings. The first-order valence-corrected chi connectivity index (χ1v) is 7.80. The first-order valence-electron chi connectivity index (χ1n) is 7.42. The van der Waals surface area contributed by atoms with Gasteiger partial charge in [-0.1, -0.05) is 36.7 Å². The van der Waals surface area contributed by atoms with E-state index in [1.165, 1.54) is 0 Å². The fraction of sp³-hybridized carbons (Fsp3) is 0.500. The SMILES string of the molecule is CCC(C)NC(=NCc1ccccc1Cl)NCC(=O)N(C)C.I. The molecule has 1 atom stereocenters. The minimum absolute atomic E-state index is 0. The van der Waals surface area contributed by atoms with Crippen LogP contribution in [0.2, 0.25) is 5.02 Å². The Bertz CT molecular complexity index is 523. The van der Waals surface area contributed by atoms with Gasteiger partial charge in [0.05, 0.1) is 13.1 Å². The summed E-state index contributed by atoms with van der Waals surface area (Å²) in [6, 6.07) is 7.88. The summed E-state index contributed by atoms with van der Waals surface area (Å²) in [5.41, 5.74) is 0.952. The van der Waals surface area contributed by atoms with E-state index in [1.54, 1.807) is 19.0 Å². The zero-order chi connectivity index (χ0) is 16.5. The third-order valence-corrected chi connectivity index (χ3v) is 3.64. The molecule has 130 valence electrons. The molecule has 0 spiro atoms. The van der Waals surface area contributed by atoms with Gasteiger partial charge in [0.1, 0.15) is 0 Å². The maximum Gasteiger partial charge on any atom is 0.241 e. The lowest BCUT2D eigenvalue weighted by molar-refractivity contribution is -0.127. The summed E-state index contributed by atoms with van der Waals surface area (Å²) in [6.07, 6.45) is 0.967. The van der Waals surface area contributed by atoms with Gasteiger partial charge in [-0.15, -0.1) is 24.0 Å². The third kappa shape index (κ3) is 8.41. The van der Waals surface area contributed by atoms with Crippen LogP contribution in [0.4, 0.5) is 0 Å². The van der Waals surface area contributed by atoms with Crippen molar-refractivity contribution in [2.75, 3.05) is 20.6 Å². The summed E-state index contributed by atoms with van der Waals surface area (Å²) >= 11 is 6.14. The maximum atomic E-state index is 11.7. The Morgan fingerprint density at radius 3 is 2.57 bits per heavy atom. The number of aliphatic imine (C=N–C) groups is 1. The van der Waals surface area contributed by atoms with Gasteiger partial charge in [0.25, 0.3) is 0 Å². The van der Waals surface area contributed by atoms with Crippen molar-refractivity contribution in [1.29, 1.82) is 0 Å². The Kier molecular flexibility index (Phi) is 11.0. The van der Waals surface area contributed by atoms with Gasteiger partial charge in [-0.05, 0) is 25.0 Å². The number of guanidine groups is 1. The molecule has 0 radical (unpaired) electrons. The van der Waals surface area contributed by atoms with E-state index in [2.05, 4.69) is 29.5 Å². The largest absolute Gasteiger partial charge is 0.354 e. The van der Waals surface area contributed by atoms with Gasteiger partial charge < -0.3 is 15.5 Å². The van der Waals surface area contributed by atoms with Gasteiger partial charge in [-0.25, -0.2) is 4.99 Å². The van der Waals surface area contributed by atoms with Crippen LogP contribution in [0.5, 0.6) is 0 Å². The highest BCUT2D eigenvalue weighted by molar-refractivity contribution is 14.0. The second-order valence-electron chi connectivity index (χ2n) is 5.35. The lowest BCUT2D eigenvalue weighted by Crippen LogP contribution is -2.45. The van der Waals surface area contributed by atoms with Crippen molar-refractivity contribution < 1.29 is 4.79 Å². The molecule has 2 N–H and O–H groups in total.